The largest absolute Gasteiger partial charge is 0.399 e. The van der Waals surface area contributed by atoms with Gasteiger partial charge in [0.2, 0.25) is 0 Å². The molecule has 2 rings (SSSR count). The Morgan fingerprint density at radius 2 is 2.11 bits per heavy atom. The molecule has 0 saturated heterocycles. The molecule has 0 aliphatic carbocycles. The van der Waals surface area contributed by atoms with Crippen LogP contribution in [0.1, 0.15) is 15.9 Å². The number of nitrogens with one attached hydrogen (secondary N) is 1. The highest BCUT2D eigenvalue weighted by atomic mass is 35.5. The quantitative estimate of drug-likeness (QED) is 0.656. The molecule has 0 unspecified atom stereocenters. The number of nitrogens with zero attached hydrogens (tertiary/aromatic N) is 1. The van der Waals surface area contributed by atoms with Crippen LogP contribution in [0, 0.1) is 12.7 Å². The molecule has 0 spiro atoms. The Morgan fingerprint density at radius 3 is 2.74 bits per heavy atom. The van der Waals surface area contributed by atoms with Crippen molar-refractivity contribution in [3.63, 3.8) is 0 Å². The van der Waals surface area contributed by atoms with Gasteiger partial charge in [0.25, 0.3) is 5.91 Å². The minimum atomic E-state index is -0.560. The Morgan fingerprint density at radius 1 is 1.37 bits per heavy atom. The number of nitrogens with two attached hydrogens (primary N) is 1. The molecule has 1 heterocycles. The van der Waals surface area contributed by atoms with E-state index < -0.39 is 11.7 Å². The number of hydrogen-bond acceptors (Lipinski definition) is 3. The highest BCUT2D eigenvalue weighted by molar-refractivity contribution is 6.30. The minimum absolute atomic E-state index is 0.144. The van der Waals surface area contributed by atoms with Crippen LogP contribution >= 0.6 is 11.6 Å². The predicted molar refractivity (Wildman–Crippen MR) is 72.7 cm³/mol. The number of pyridine rings is 1. The lowest BCUT2D eigenvalue weighted by atomic mass is 10.2. The number of carbonyl (C=O) groups excluding carboxylic acids is 1. The molecule has 19 heavy (non-hydrogen) atoms. The molecule has 1 amide bonds. The number of aromatic nitrogens is 1. The maximum absolute atomic E-state index is 13.2. The van der Waals surface area contributed by atoms with Gasteiger partial charge in [-0.1, -0.05) is 11.6 Å². The van der Waals surface area contributed by atoms with E-state index in [1.54, 1.807) is 13.0 Å². The molecule has 3 N–H and O–H groups in total. The zero-order valence-electron chi connectivity index (χ0n) is 10.1. The van der Waals surface area contributed by atoms with Gasteiger partial charge < -0.3 is 11.1 Å². The third-order valence-electron chi connectivity index (χ3n) is 2.45. The van der Waals surface area contributed by atoms with Crippen LogP contribution in [-0.4, -0.2) is 10.9 Å². The molecule has 2 aromatic rings. The van der Waals surface area contributed by atoms with Crippen molar-refractivity contribution in [1.29, 1.82) is 0 Å². The zero-order chi connectivity index (χ0) is 14.0. The molecule has 0 bridgehead atoms. The smallest absolute Gasteiger partial charge is 0.255 e. The topological polar surface area (TPSA) is 68.0 Å². The van der Waals surface area contributed by atoms with Crippen LogP contribution in [0.2, 0.25) is 5.15 Å². The van der Waals surface area contributed by atoms with E-state index in [4.69, 9.17) is 17.3 Å². The summed E-state index contributed by atoms with van der Waals surface area (Å²) in [5.41, 5.74) is 7.03. The summed E-state index contributed by atoms with van der Waals surface area (Å²) in [5, 5.41) is 2.97. The molecule has 4 nitrogen and oxygen atoms in total. The number of amides is 1. The van der Waals surface area contributed by atoms with Gasteiger partial charge in [0, 0.05) is 11.3 Å². The lowest BCUT2D eigenvalue weighted by molar-refractivity contribution is 0.102. The first-order valence-electron chi connectivity index (χ1n) is 5.45. The second-order valence-electron chi connectivity index (χ2n) is 4.06. The van der Waals surface area contributed by atoms with Crippen molar-refractivity contribution in [2.45, 2.75) is 6.92 Å². The number of rotatable bonds is 2. The van der Waals surface area contributed by atoms with Crippen LogP contribution < -0.4 is 11.1 Å². The van der Waals surface area contributed by atoms with Crippen LogP contribution in [0.5, 0.6) is 0 Å². The third kappa shape index (κ3) is 3.20. The van der Waals surface area contributed by atoms with Crippen LogP contribution in [0.15, 0.2) is 30.5 Å². The molecular weight excluding hydrogens is 269 g/mol. The first-order valence-corrected chi connectivity index (χ1v) is 5.83. The summed E-state index contributed by atoms with van der Waals surface area (Å²) in [5.74, 6) is -1.02. The van der Waals surface area contributed by atoms with Gasteiger partial charge in [-0.15, -0.1) is 0 Å². The van der Waals surface area contributed by atoms with E-state index in [0.29, 0.717) is 10.8 Å². The Hall–Kier alpha value is -2.14. The fraction of sp³-hybridized carbons (Fsp3) is 0.0769. The lowest BCUT2D eigenvalue weighted by Crippen LogP contribution is -2.13. The molecule has 0 aliphatic heterocycles. The Balaban J connectivity index is 2.22. The number of aryl methyl sites for hydroxylation is 1. The standard InChI is InChI=1S/C13H11ClFN3O/c1-7-2-11(6-17-12(7)14)18-13(19)8-3-9(15)5-10(16)4-8/h2-6H,16H2,1H3,(H,18,19). The third-order valence-corrected chi connectivity index (χ3v) is 2.85. The maximum atomic E-state index is 13.2. The van der Waals surface area contributed by atoms with Crippen molar-refractivity contribution in [1.82, 2.24) is 4.98 Å². The van der Waals surface area contributed by atoms with E-state index >= 15 is 0 Å². The SMILES string of the molecule is Cc1cc(NC(=O)c2cc(N)cc(F)c2)cnc1Cl. The van der Waals surface area contributed by atoms with E-state index in [9.17, 15) is 9.18 Å². The molecule has 0 aliphatic rings. The summed E-state index contributed by atoms with van der Waals surface area (Å²) < 4.78 is 13.2. The molecular formula is C13H11ClFN3O. The number of carbonyl (C=O) groups is 1. The van der Waals surface area contributed by atoms with Gasteiger partial charge in [0.05, 0.1) is 11.9 Å². The second kappa shape index (κ2) is 5.24. The first-order chi connectivity index (χ1) is 8.95. The van der Waals surface area contributed by atoms with Crippen molar-refractivity contribution < 1.29 is 9.18 Å². The summed E-state index contributed by atoms with van der Waals surface area (Å²) in [6, 6.07) is 5.33. The van der Waals surface area contributed by atoms with Crippen molar-refractivity contribution in [3.05, 3.63) is 52.6 Å². The minimum Gasteiger partial charge on any atom is -0.399 e. The van der Waals surface area contributed by atoms with E-state index in [2.05, 4.69) is 10.3 Å². The van der Waals surface area contributed by atoms with Crippen molar-refractivity contribution in [2.75, 3.05) is 11.1 Å². The van der Waals surface area contributed by atoms with Gasteiger partial charge in [0.1, 0.15) is 11.0 Å². The first kappa shape index (κ1) is 13.3. The highest BCUT2D eigenvalue weighted by Crippen LogP contribution is 2.17. The van der Waals surface area contributed by atoms with E-state index in [1.165, 1.54) is 12.3 Å². The normalized spacial score (nSPS) is 10.3. The van der Waals surface area contributed by atoms with E-state index in [-0.39, 0.29) is 11.3 Å². The van der Waals surface area contributed by atoms with Crippen molar-refractivity contribution >= 4 is 28.9 Å². The Kier molecular flexibility index (Phi) is 3.66. The molecule has 6 heteroatoms. The molecule has 1 aromatic heterocycles. The predicted octanol–water partition coefficient (Wildman–Crippen LogP) is 3.02. The average molecular weight is 280 g/mol. The summed E-state index contributed by atoms with van der Waals surface area (Å²) in [7, 11) is 0. The molecule has 0 fully saturated rings. The zero-order valence-corrected chi connectivity index (χ0v) is 10.8. The van der Waals surface area contributed by atoms with Gasteiger partial charge >= 0.3 is 0 Å². The van der Waals surface area contributed by atoms with Crippen molar-refractivity contribution in [3.8, 4) is 0 Å². The van der Waals surface area contributed by atoms with Crippen LogP contribution in [-0.2, 0) is 0 Å². The van der Waals surface area contributed by atoms with Gasteiger partial charge in [-0.3, -0.25) is 4.79 Å². The average Bonchev–Trinajstić information content (AvgIpc) is 2.32. The lowest BCUT2D eigenvalue weighted by Gasteiger charge is -2.07. The van der Waals surface area contributed by atoms with Crippen LogP contribution in [0.25, 0.3) is 0 Å². The summed E-state index contributed by atoms with van der Waals surface area (Å²) in [4.78, 5) is 15.8. The van der Waals surface area contributed by atoms with Gasteiger partial charge in [-0.05, 0) is 36.8 Å². The summed E-state index contributed by atoms with van der Waals surface area (Å²) in [6.45, 7) is 1.77. The molecule has 1 aromatic carbocycles. The van der Waals surface area contributed by atoms with Gasteiger partial charge in [-0.25, -0.2) is 9.37 Å². The van der Waals surface area contributed by atoms with Crippen LogP contribution in [0.4, 0.5) is 15.8 Å². The highest BCUT2D eigenvalue weighted by Gasteiger charge is 2.09. The number of halogens is 2. The number of anilines is 2. The summed E-state index contributed by atoms with van der Waals surface area (Å²) >= 11 is 5.79. The van der Waals surface area contributed by atoms with Crippen molar-refractivity contribution in [2.24, 2.45) is 0 Å². The maximum Gasteiger partial charge on any atom is 0.255 e. The number of benzene rings is 1. The number of hydrogen-bond donors (Lipinski definition) is 2. The fourth-order valence-electron chi connectivity index (χ4n) is 1.57. The second-order valence-corrected chi connectivity index (χ2v) is 4.42. The number of nitrogen functional groups attached to an aromatic ring is 1. The molecule has 98 valence electrons. The summed E-state index contributed by atoms with van der Waals surface area (Å²) in [6.07, 6.45) is 1.43. The van der Waals surface area contributed by atoms with E-state index in [1.807, 2.05) is 0 Å². The molecule has 0 atom stereocenters. The van der Waals surface area contributed by atoms with Gasteiger partial charge in [0.15, 0.2) is 0 Å². The molecule has 0 radical (unpaired) electrons. The Bertz CT molecular complexity index is 626. The van der Waals surface area contributed by atoms with Gasteiger partial charge in [-0.2, -0.15) is 0 Å². The molecule has 0 saturated carbocycles. The monoisotopic (exact) mass is 279 g/mol. The van der Waals surface area contributed by atoms with E-state index in [0.717, 1.165) is 17.7 Å². The van der Waals surface area contributed by atoms with Crippen LogP contribution in [0.3, 0.4) is 0 Å². The fourth-order valence-corrected chi connectivity index (χ4v) is 1.68. The Labute approximate surface area is 114 Å².